The number of H-pyrrole nitrogens is 2. The van der Waals surface area contributed by atoms with Gasteiger partial charge in [-0.25, -0.2) is 4.79 Å². The third kappa shape index (κ3) is 5.06. The Morgan fingerprint density at radius 3 is 2.50 bits per heavy atom. The molecule has 0 saturated heterocycles. The Balaban J connectivity index is 0.00000136. The first kappa shape index (κ1) is 21.3. The minimum absolute atomic E-state index is 0.208. The average molecular weight is 399 g/mol. The summed E-state index contributed by atoms with van der Waals surface area (Å²) in [5.74, 6) is 0. The van der Waals surface area contributed by atoms with E-state index in [9.17, 15) is 9.59 Å². The zero-order valence-corrected chi connectivity index (χ0v) is 17.1. The lowest BCUT2D eigenvalue weighted by Gasteiger charge is -2.16. The number of ether oxygens (including phenoxy) is 1. The lowest BCUT2D eigenvalue weighted by molar-refractivity contribution is 0.220. The largest absolute Gasteiger partial charge is 0.334 e. The molecule has 28 heavy (non-hydrogen) atoms. The second-order valence-corrected chi connectivity index (χ2v) is 6.04. The maximum atomic E-state index is 12.0. The fourth-order valence-corrected chi connectivity index (χ4v) is 2.79. The van der Waals surface area contributed by atoms with Gasteiger partial charge in [-0.3, -0.25) is 14.8 Å². The minimum atomic E-state index is -0.582. The number of aryl methyl sites for hydroxylation is 1. The molecule has 0 bridgehead atoms. The van der Waals surface area contributed by atoms with E-state index in [4.69, 9.17) is 4.74 Å². The molecule has 0 spiro atoms. The summed E-state index contributed by atoms with van der Waals surface area (Å²) in [5, 5.41) is 8.11. The number of rotatable bonds is 5. The summed E-state index contributed by atoms with van der Waals surface area (Å²) in [5.41, 5.74) is 2.11. The molecule has 3 heterocycles. The molecular weight excluding hydrogens is 377 g/mol. The molecule has 0 amide bonds. The Morgan fingerprint density at radius 1 is 1.18 bits per heavy atom. The molecule has 3 rings (SSSR count). The molecular formula is C19H22N5O3P. The third-order valence-corrected chi connectivity index (χ3v) is 4.18. The number of pyridine rings is 1. The van der Waals surface area contributed by atoms with E-state index in [1.807, 2.05) is 32.9 Å². The van der Waals surface area contributed by atoms with Crippen LogP contribution in [0.2, 0.25) is 0 Å². The molecule has 3 aromatic rings. The van der Waals surface area contributed by atoms with Gasteiger partial charge in [0.15, 0.2) is 0 Å². The number of aromatic nitrogens is 5. The molecule has 0 aliphatic rings. The molecule has 1 unspecified atom stereocenters. The maximum absolute atomic E-state index is 12.0. The van der Waals surface area contributed by atoms with Gasteiger partial charge in [0.1, 0.15) is 11.2 Å². The molecule has 9 heteroatoms. The van der Waals surface area contributed by atoms with Gasteiger partial charge in [0.05, 0.1) is 17.4 Å². The SMILES string of the molecule is CC.Cc1nnc(-c2c[nH]c(=O)[nH]c2=O)cc1C(=P)OC(C)c1ccncc1. The highest BCUT2D eigenvalue weighted by Gasteiger charge is 2.15. The molecule has 0 aliphatic heterocycles. The molecule has 0 aliphatic carbocycles. The smallest absolute Gasteiger partial charge is 0.325 e. The fraction of sp³-hybridized carbons (Fsp3) is 0.263. The number of nitrogens with one attached hydrogen (secondary N) is 2. The molecule has 0 aromatic carbocycles. The van der Waals surface area contributed by atoms with E-state index in [-0.39, 0.29) is 11.7 Å². The van der Waals surface area contributed by atoms with Gasteiger partial charge >= 0.3 is 5.69 Å². The summed E-state index contributed by atoms with van der Waals surface area (Å²) >= 11 is 0. The van der Waals surface area contributed by atoms with Crippen LogP contribution in [0.5, 0.6) is 0 Å². The van der Waals surface area contributed by atoms with Crippen LogP contribution in [0, 0.1) is 6.92 Å². The van der Waals surface area contributed by atoms with Gasteiger partial charge in [0.2, 0.25) is 0 Å². The normalized spacial score (nSPS) is 11.3. The maximum Gasteiger partial charge on any atom is 0.325 e. The van der Waals surface area contributed by atoms with Gasteiger partial charge < -0.3 is 9.72 Å². The van der Waals surface area contributed by atoms with Crippen LogP contribution in [0.1, 0.15) is 43.7 Å². The zero-order chi connectivity index (χ0) is 20.7. The van der Waals surface area contributed by atoms with Crippen molar-refractivity contribution in [2.75, 3.05) is 0 Å². The van der Waals surface area contributed by atoms with Crippen molar-refractivity contribution < 1.29 is 4.74 Å². The van der Waals surface area contributed by atoms with Crippen molar-refractivity contribution in [1.29, 1.82) is 0 Å². The van der Waals surface area contributed by atoms with Crippen LogP contribution in [0.25, 0.3) is 11.3 Å². The Hall–Kier alpha value is -2.96. The second-order valence-electron chi connectivity index (χ2n) is 5.58. The van der Waals surface area contributed by atoms with Crippen LogP contribution in [0.3, 0.4) is 0 Å². The highest BCUT2D eigenvalue weighted by Crippen LogP contribution is 2.21. The van der Waals surface area contributed by atoms with Crippen molar-refractivity contribution in [3.8, 4) is 11.3 Å². The molecule has 0 saturated carbocycles. The quantitative estimate of drug-likeness (QED) is 0.638. The molecule has 8 nitrogen and oxygen atoms in total. The molecule has 1 atom stereocenters. The average Bonchev–Trinajstić information content (AvgIpc) is 2.71. The Bertz CT molecular complexity index is 1060. The first-order valence-electron chi connectivity index (χ1n) is 8.78. The number of aromatic amines is 2. The van der Waals surface area contributed by atoms with Gasteiger partial charge in [0.25, 0.3) is 5.56 Å². The van der Waals surface area contributed by atoms with Gasteiger partial charge in [-0.1, -0.05) is 22.7 Å². The third-order valence-electron chi connectivity index (χ3n) is 3.79. The van der Waals surface area contributed by atoms with Crippen molar-refractivity contribution in [3.05, 3.63) is 74.4 Å². The van der Waals surface area contributed by atoms with Crippen molar-refractivity contribution >= 4 is 14.3 Å². The fourth-order valence-electron chi connectivity index (χ4n) is 2.36. The predicted molar refractivity (Wildman–Crippen MR) is 111 cm³/mol. The van der Waals surface area contributed by atoms with Crippen LogP contribution >= 0.6 is 8.86 Å². The summed E-state index contributed by atoms with van der Waals surface area (Å²) in [6.07, 6.45) is 4.47. The Labute approximate surface area is 164 Å². The summed E-state index contributed by atoms with van der Waals surface area (Å²) in [4.78, 5) is 31.7. The Kier molecular flexibility index (Phi) is 7.49. The van der Waals surface area contributed by atoms with E-state index >= 15 is 0 Å². The van der Waals surface area contributed by atoms with E-state index in [0.29, 0.717) is 22.4 Å². The van der Waals surface area contributed by atoms with E-state index < -0.39 is 11.2 Å². The minimum Gasteiger partial charge on any atom is -0.334 e. The van der Waals surface area contributed by atoms with E-state index in [0.717, 1.165) is 5.56 Å². The van der Waals surface area contributed by atoms with Crippen molar-refractivity contribution in [3.63, 3.8) is 0 Å². The van der Waals surface area contributed by atoms with Crippen molar-refractivity contribution in [2.24, 2.45) is 0 Å². The van der Waals surface area contributed by atoms with E-state index in [1.165, 1.54) is 6.20 Å². The lowest BCUT2D eigenvalue weighted by Crippen LogP contribution is -2.23. The monoisotopic (exact) mass is 399 g/mol. The van der Waals surface area contributed by atoms with E-state index in [2.05, 4.69) is 34.0 Å². The van der Waals surface area contributed by atoms with Gasteiger partial charge in [-0.15, -0.1) is 5.10 Å². The molecule has 0 fully saturated rings. The second kappa shape index (κ2) is 9.82. The standard InChI is InChI=1S/C17H16N5O3P.C2H6/c1-9-12(16(26)25-10(2)11-3-5-18-6-4-11)7-14(22-21-9)13-8-19-17(24)20-15(13)23;1-2/h3-8,10,26H,1-2H3,(H2,19,20,23,24);1-2H3. The van der Waals surface area contributed by atoms with Gasteiger partial charge in [-0.05, 0) is 37.6 Å². The van der Waals surface area contributed by atoms with Crippen LogP contribution in [-0.4, -0.2) is 30.6 Å². The summed E-state index contributed by atoms with van der Waals surface area (Å²) in [7, 11) is 3.50. The first-order valence-corrected chi connectivity index (χ1v) is 9.28. The first-order chi connectivity index (χ1) is 13.5. The van der Waals surface area contributed by atoms with Crippen LogP contribution in [0.4, 0.5) is 0 Å². The number of hydrogen-bond donors (Lipinski definition) is 2. The topological polar surface area (TPSA) is 114 Å². The highest BCUT2D eigenvalue weighted by atomic mass is 31.0. The van der Waals surface area contributed by atoms with Crippen LogP contribution < -0.4 is 11.2 Å². The molecule has 0 radical (unpaired) electrons. The summed E-state index contributed by atoms with van der Waals surface area (Å²) in [6, 6.07) is 5.41. The number of nitrogens with zero attached hydrogens (tertiary/aromatic N) is 3. The Morgan fingerprint density at radius 2 is 1.86 bits per heavy atom. The van der Waals surface area contributed by atoms with Crippen molar-refractivity contribution in [1.82, 2.24) is 25.1 Å². The zero-order valence-electron chi connectivity index (χ0n) is 16.1. The summed E-state index contributed by atoms with van der Waals surface area (Å²) in [6.45, 7) is 7.69. The molecule has 3 aromatic heterocycles. The predicted octanol–water partition coefficient (Wildman–Crippen LogP) is 2.65. The van der Waals surface area contributed by atoms with Crippen molar-refractivity contribution in [2.45, 2.75) is 33.8 Å². The van der Waals surface area contributed by atoms with Gasteiger partial charge in [-0.2, -0.15) is 5.10 Å². The molecule has 146 valence electrons. The summed E-state index contributed by atoms with van der Waals surface area (Å²) < 4.78 is 5.93. The van der Waals surface area contributed by atoms with E-state index in [1.54, 1.807) is 25.4 Å². The highest BCUT2D eigenvalue weighted by molar-refractivity contribution is 7.21. The number of hydrogen-bond acceptors (Lipinski definition) is 6. The van der Waals surface area contributed by atoms with Crippen LogP contribution in [-0.2, 0) is 4.74 Å². The van der Waals surface area contributed by atoms with Gasteiger partial charge in [0, 0.05) is 24.2 Å². The molecule has 2 N–H and O–H groups in total. The lowest BCUT2D eigenvalue weighted by atomic mass is 10.1. The van der Waals surface area contributed by atoms with Crippen LogP contribution in [0.15, 0.2) is 46.4 Å².